The van der Waals surface area contributed by atoms with Crippen molar-refractivity contribution in [3.63, 3.8) is 0 Å². The highest BCUT2D eigenvalue weighted by Crippen LogP contribution is 2.44. The molecule has 2 aliphatic carbocycles. The number of nitrogens with zero attached hydrogens (tertiary/aromatic N) is 1. The van der Waals surface area contributed by atoms with Crippen LogP contribution in [0, 0.1) is 0 Å². The van der Waals surface area contributed by atoms with Crippen LogP contribution >= 0.6 is 11.3 Å². The van der Waals surface area contributed by atoms with Crippen LogP contribution in [0.25, 0.3) is 11.1 Å². The van der Waals surface area contributed by atoms with Gasteiger partial charge in [0.15, 0.2) is 0 Å². The number of esters is 1. The second-order valence-electron chi connectivity index (χ2n) is 10.8. The number of amides is 4. The van der Waals surface area contributed by atoms with Gasteiger partial charge in [0.25, 0.3) is 0 Å². The smallest absolute Gasteiger partial charge is 0.407 e. The number of rotatable bonds is 12. The van der Waals surface area contributed by atoms with Crippen molar-refractivity contribution >= 4 is 41.1 Å². The van der Waals surface area contributed by atoms with E-state index in [2.05, 4.69) is 31.0 Å². The standard InChI is InChI=1S/C31H33N5O7S/c1-18(27(38)36-31(11-12-31)29(40)32-14-26(37)42-2)34-28(39)25(13-19-16-44-17-33-19)35-30(41)43-15-24-22-9-5-3-7-20(22)21-8-4-6-10-23(21)24/h3-10,16-18,24-25H,11-15H2,1-2H3,(H,32,40)(H,34,39)(H,35,41)(H,36,38)/t18-,25-/m1/s1. The monoisotopic (exact) mass is 619 g/mol. The van der Waals surface area contributed by atoms with E-state index in [4.69, 9.17) is 4.74 Å². The van der Waals surface area contributed by atoms with Gasteiger partial charge in [-0.05, 0) is 42.0 Å². The molecule has 13 heteroatoms. The number of carbonyl (C=O) groups excluding carboxylic acids is 5. The predicted molar refractivity (Wildman–Crippen MR) is 161 cm³/mol. The second-order valence-corrected chi connectivity index (χ2v) is 11.5. The number of thiazole rings is 1. The Hall–Kier alpha value is -4.78. The zero-order chi connectivity index (χ0) is 31.3. The van der Waals surface area contributed by atoms with Crippen molar-refractivity contribution in [2.24, 2.45) is 0 Å². The lowest BCUT2D eigenvalue weighted by molar-refractivity contribution is -0.141. The minimum Gasteiger partial charge on any atom is -0.468 e. The van der Waals surface area contributed by atoms with E-state index in [-0.39, 0.29) is 25.5 Å². The molecule has 1 heterocycles. The summed E-state index contributed by atoms with van der Waals surface area (Å²) in [6, 6.07) is 13.8. The maximum atomic E-state index is 13.3. The van der Waals surface area contributed by atoms with Crippen LogP contribution in [0.3, 0.4) is 0 Å². The maximum Gasteiger partial charge on any atom is 0.407 e. The van der Waals surface area contributed by atoms with Crippen molar-refractivity contribution in [1.82, 2.24) is 26.3 Å². The summed E-state index contributed by atoms with van der Waals surface area (Å²) >= 11 is 1.35. The normalized spacial score (nSPS) is 15.5. The zero-order valence-corrected chi connectivity index (χ0v) is 25.1. The summed E-state index contributed by atoms with van der Waals surface area (Å²) in [4.78, 5) is 67.4. The fourth-order valence-electron chi connectivity index (χ4n) is 5.19. The average molecular weight is 620 g/mol. The molecule has 4 amide bonds. The molecule has 0 unspecified atom stereocenters. The first-order chi connectivity index (χ1) is 21.2. The Bertz CT molecular complexity index is 1510. The van der Waals surface area contributed by atoms with E-state index in [0.717, 1.165) is 22.3 Å². The summed E-state index contributed by atoms with van der Waals surface area (Å²) in [5.41, 5.74) is 5.37. The Labute approximate surface area is 257 Å². The zero-order valence-electron chi connectivity index (χ0n) is 24.3. The molecule has 3 aromatic rings. The first kappa shape index (κ1) is 30.7. The van der Waals surface area contributed by atoms with Gasteiger partial charge in [0.2, 0.25) is 17.7 Å². The molecule has 0 aliphatic heterocycles. The van der Waals surface area contributed by atoms with Gasteiger partial charge in [0.1, 0.15) is 30.8 Å². The van der Waals surface area contributed by atoms with Crippen molar-refractivity contribution < 1.29 is 33.4 Å². The molecular weight excluding hydrogens is 586 g/mol. The van der Waals surface area contributed by atoms with E-state index in [1.165, 1.54) is 25.4 Å². The molecule has 5 rings (SSSR count). The largest absolute Gasteiger partial charge is 0.468 e. The molecule has 1 saturated carbocycles. The summed E-state index contributed by atoms with van der Waals surface area (Å²) in [6.07, 6.45) is 0.0802. The number of methoxy groups -OCH3 is 1. The molecule has 2 aliphatic rings. The Balaban J connectivity index is 1.19. The first-order valence-corrected chi connectivity index (χ1v) is 15.1. The maximum absolute atomic E-state index is 13.3. The molecule has 0 radical (unpaired) electrons. The van der Waals surface area contributed by atoms with E-state index >= 15 is 0 Å². The summed E-state index contributed by atoms with van der Waals surface area (Å²) in [5, 5.41) is 12.1. The molecule has 2 aromatic carbocycles. The third-order valence-electron chi connectivity index (χ3n) is 7.77. The first-order valence-electron chi connectivity index (χ1n) is 14.2. The molecule has 12 nitrogen and oxygen atoms in total. The molecule has 44 heavy (non-hydrogen) atoms. The second kappa shape index (κ2) is 13.2. The van der Waals surface area contributed by atoms with E-state index in [0.29, 0.717) is 18.5 Å². The number of alkyl carbamates (subject to hydrolysis) is 1. The highest BCUT2D eigenvalue weighted by molar-refractivity contribution is 7.07. The fraction of sp³-hybridized carbons (Fsp3) is 0.355. The van der Waals surface area contributed by atoms with Crippen LogP contribution in [0.5, 0.6) is 0 Å². The Morgan fingerprint density at radius 2 is 1.64 bits per heavy atom. The third-order valence-corrected chi connectivity index (χ3v) is 8.40. The van der Waals surface area contributed by atoms with Crippen LogP contribution < -0.4 is 21.3 Å². The number of carbonyl (C=O) groups is 5. The fourth-order valence-corrected chi connectivity index (χ4v) is 5.76. The SMILES string of the molecule is COC(=O)CNC(=O)C1(NC(=O)[C@@H](C)NC(=O)[C@@H](Cc2cscn2)NC(=O)OCC2c3ccccc3-c3ccccc32)CC1. The van der Waals surface area contributed by atoms with E-state index in [1.54, 1.807) is 10.9 Å². The van der Waals surface area contributed by atoms with Gasteiger partial charge >= 0.3 is 12.1 Å². The Morgan fingerprint density at radius 1 is 0.977 bits per heavy atom. The molecule has 1 fully saturated rings. The Kier molecular flexibility index (Phi) is 9.23. The predicted octanol–water partition coefficient (Wildman–Crippen LogP) is 2.04. The molecular formula is C31H33N5O7S. The van der Waals surface area contributed by atoms with Gasteiger partial charge in [-0.1, -0.05) is 48.5 Å². The summed E-state index contributed by atoms with van der Waals surface area (Å²) < 4.78 is 10.2. The van der Waals surface area contributed by atoms with Gasteiger partial charge in [-0.2, -0.15) is 0 Å². The Morgan fingerprint density at radius 3 is 2.23 bits per heavy atom. The third kappa shape index (κ3) is 6.88. The molecule has 2 atom stereocenters. The van der Waals surface area contributed by atoms with Crippen LogP contribution in [-0.2, 0) is 35.1 Å². The van der Waals surface area contributed by atoms with Crippen molar-refractivity contribution in [1.29, 1.82) is 0 Å². The van der Waals surface area contributed by atoms with Crippen LogP contribution in [0.2, 0.25) is 0 Å². The number of benzene rings is 2. The minimum atomic E-state index is -1.15. The lowest BCUT2D eigenvalue weighted by atomic mass is 9.98. The number of ether oxygens (including phenoxy) is 2. The van der Waals surface area contributed by atoms with Gasteiger partial charge in [0, 0.05) is 17.7 Å². The summed E-state index contributed by atoms with van der Waals surface area (Å²) in [6.45, 7) is 1.23. The highest BCUT2D eigenvalue weighted by Gasteiger charge is 2.51. The minimum absolute atomic E-state index is 0.0732. The molecule has 0 bridgehead atoms. The van der Waals surface area contributed by atoms with Crippen LogP contribution in [-0.4, -0.2) is 72.7 Å². The van der Waals surface area contributed by atoms with Gasteiger partial charge in [0.05, 0.1) is 18.3 Å². The number of hydrogen-bond acceptors (Lipinski definition) is 9. The number of nitrogens with one attached hydrogen (secondary N) is 4. The van der Waals surface area contributed by atoms with Crippen molar-refractivity contribution in [3.8, 4) is 11.1 Å². The summed E-state index contributed by atoms with van der Waals surface area (Å²) in [5.74, 6) is -2.47. The molecule has 0 saturated heterocycles. The average Bonchev–Trinajstić information content (AvgIpc) is 3.48. The van der Waals surface area contributed by atoms with Crippen LogP contribution in [0.4, 0.5) is 4.79 Å². The van der Waals surface area contributed by atoms with Crippen LogP contribution in [0.15, 0.2) is 59.4 Å². The lowest BCUT2D eigenvalue weighted by Gasteiger charge is -2.23. The topological polar surface area (TPSA) is 165 Å². The van der Waals surface area contributed by atoms with Crippen molar-refractivity contribution in [2.45, 2.75) is 49.7 Å². The van der Waals surface area contributed by atoms with E-state index in [9.17, 15) is 24.0 Å². The van der Waals surface area contributed by atoms with Gasteiger partial charge in [-0.25, -0.2) is 9.78 Å². The van der Waals surface area contributed by atoms with E-state index in [1.807, 2.05) is 48.5 Å². The lowest BCUT2D eigenvalue weighted by Crippen LogP contribution is -2.57. The van der Waals surface area contributed by atoms with Crippen molar-refractivity contribution in [2.75, 3.05) is 20.3 Å². The molecule has 4 N–H and O–H groups in total. The van der Waals surface area contributed by atoms with Gasteiger partial charge in [-0.3, -0.25) is 19.2 Å². The molecule has 230 valence electrons. The highest BCUT2D eigenvalue weighted by atomic mass is 32.1. The van der Waals surface area contributed by atoms with Crippen molar-refractivity contribution in [3.05, 3.63) is 76.2 Å². The van der Waals surface area contributed by atoms with Gasteiger partial charge in [-0.15, -0.1) is 11.3 Å². The van der Waals surface area contributed by atoms with Crippen LogP contribution in [0.1, 0.15) is 42.5 Å². The van der Waals surface area contributed by atoms with Gasteiger partial charge < -0.3 is 30.7 Å². The molecule has 0 spiro atoms. The quantitative estimate of drug-likeness (QED) is 0.224. The number of hydrogen-bond donors (Lipinski definition) is 4. The number of aromatic nitrogens is 1. The van der Waals surface area contributed by atoms with E-state index < -0.39 is 47.4 Å². The number of fused-ring (bicyclic) bond motifs is 3. The molecule has 1 aromatic heterocycles. The summed E-state index contributed by atoms with van der Waals surface area (Å²) in [7, 11) is 1.21.